The average molecular weight is 436 g/mol. The van der Waals surface area contributed by atoms with Gasteiger partial charge in [0.05, 0.1) is 17.7 Å². The molecule has 2 aromatic carbocycles. The highest BCUT2D eigenvalue weighted by molar-refractivity contribution is 9.10. The molecule has 138 valence electrons. The zero-order valence-corrected chi connectivity index (χ0v) is 17.5. The third-order valence-electron chi connectivity index (χ3n) is 3.89. The maximum absolute atomic E-state index is 13.0. The van der Waals surface area contributed by atoms with Crippen LogP contribution in [0, 0.1) is 11.8 Å². The molecule has 26 heavy (non-hydrogen) atoms. The van der Waals surface area contributed by atoms with E-state index in [9.17, 15) is 8.42 Å². The van der Waals surface area contributed by atoms with Gasteiger partial charge in [0.1, 0.15) is 5.75 Å². The van der Waals surface area contributed by atoms with Crippen LogP contribution in [-0.4, -0.2) is 22.6 Å². The van der Waals surface area contributed by atoms with E-state index in [1.165, 1.54) is 16.4 Å². The number of unbranched alkanes of at least 4 members (excludes halogenated alkanes) is 2. The summed E-state index contributed by atoms with van der Waals surface area (Å²) in [6, 6.07) is 11.8. The first-order chi connectivity index (χ1) is 12.4. The molecule has 0 amide bonds. The van der Waals surface area contributed by atoms with Gasteiger partial charge in [-0.2, -0.15) is 0 Å². The summed E-state index contributed by atoms with van der Waals surface area (Å²) in [5, 5.41) is 0. The Bertz CT molecular complexity index is 912. The lowest BCUT2D eigenvalue weighted by Crippen LogP contribution is -2.27. The average Bonchev–Trinajstić information content (AvgIpc) is 2.65. The topological polar surface area (TPSA) is 46.6 Å². The minimum absolute atomic E-state index is 0.202. The van der Waals surface area contributed by atoms with Gasteiger partial charge in [-0.05, 0) is 48.9 Å². The molecule has 0 unspecified atom stereocenters. The molecule has 0 bridgehead atoms. The molecule has 0 fully saturated rings. The first-order valence-corrected chi connectivity index (χ1v) is 10.5. The molecule has 0 spiro atoms. The summed E-state index contributed by atoms with van der Waals surface area (Å²) in [5.74, 6) is 6.84. The third kappa shape index (κ3) is 4.80. The predicted molar refractivity (Wildman–Crippen MR) is 109 cm³/mol. The Kier molecular flexibility index (Phi) is 7.13. The fourth-order valence-electron chi connectivity index (χ4n) is 2.34. The van der Waals surface area contributed by atoms with E-state index >= 15 is 0 Å². The van der Waals surface area contributed by atoms with Crippen molar-refractivity contribution < 1.29 is 13.2 Å². The van der Waals surface area contributed by atoms with E-state index in [4.69, 9.17) is 4.74 Å². The molecule has 0 saturated heterocycles. The van der Waals surface area contributed by atoms with Crippen LogP contribution in [-0.2, 0) is 10.0 Å². The molecule has 0 aliphatic carbocycles. The Morgan fingerprint density at radius 1 is 1.15 bits per heavy atom. The van der Waals surface area contributed by atoms with Crippen molar-refractivity contribution in [2.75, 3.05) is 18.5 Å². The highest BCUT2D eigenvalue weighted by Crippen LogP contribution is 2.28. The molecule has 0 N–H and O–H groups in total. The molecular weight excluding hydrogens is 414 g/mol. The number of rotatable bonds is 6. The SMILES string of the molecule is CCCCC#Cc1cc(Br)ccc1N(C)S(=O)(=O)c1ccc(OC)cc1. The van der Waals surface area contributed by atoms with Crippen molar-refractivity contribution in [2.24, 2.45) is 0 Å². The van der Waals surface area contributed by atoms with Gasteiger partial charge >= 0.3 is 0 Å². The van der Waals surface area contributed by atoms with Crippen molar-refractivity contribution in [3.63, 3.8) is 0 Å². The van der Waals surface area contributed by atoms with Gasteiger partial charge in [0.2, 0.25) is 0 Å². The number of nitrogens with zero attached hydrogens (tertiary/aromatic N) is 1. The smallest absolute Gasteiger partial charge is 0.264 e. The molecule has 0 aliphatic heterocycles. The van der Waals surface area contributed by atoms with Crippen LogP contribution in [0.3, 0.4) is 0 Å². The van der Waals surface area contributed by atoms with Crippen molar-refractivity contribution in [1.29, 1.82) is 0 Å². The van der Waals surface area contributed by atoms with Gasteiger partial charge in [0.15, 0.2) is 0 Å². The van der Waals surface area contributed by atoms with E-state index < -0.39 is 10.0 Å². The Morgan fingerprint density at radius 2 is 1.85 bits per heavy atom. The van der Waals surface area contributed by atoms with Crippen LogP contribution in [0.15, 0.2) is 51.8 Å². The lowest BCUT2D eigenvalue weighted by atomic mass is 10.1. The summed E-state index contributed by atoms with van der Waals surface area (Å²) < 4.78 is 33.2. The molecule has 0 radical (unpaired) electrons. The van der Waals surface area contributed by atoms with Crippen molar-refractivity contribution in [3.05, 3.63) is 52.5 Å². The lowest BCUT2D eigenvalue weighted by molar-refractivity contribution is 0.414. The van der Waals surface area contributed by atoms with E-state index in [2.05, 4.69) is 34.7 Å². The molecule has 6 heteroatoms. The molecule has 0 saturated carbocycles. The summed E-state index contributed by atoms with van der Waals surface area (Å²) in [4.78, 5) is 0.202. The van der Waals surface area contributed by atoms with E-state index in [0.717, 1.165) is 23.7 Å². The standard InChI is InChI=1S/C20H22BrNO3S/c1-4-5-6-7-8-16-15-17(21)9-14-20(16)22(2)26(23,24)19-12-10-18(25-3)11-13-19/h9-15H,4-6H2,1-3H3. The van der Waals surface area contributed by atoms with E-state index in [1.54, 1.807) is 32.4 Å². The van der Waals surface area contributed by atoms with Crippen molar-refractivity contribution in [1.82, 2.24) is 0 Å². The molecule has 4 nitrogen and oxygen atoms in total. The summed E-state index contributed by atoms with van der Waals surface area (Å²) in [5.41, 5.74) is 1.23. The summed E-state index contributed by atoms with van der Waals surface area (Å²) in [6.07, 6.45) is 2.89. The van der Waals surface area contributed by atoms with E-state index in [1.807, 2.05) is 12.1 Å². The Morgan fingerprint density at radius 3 is 2.46 bits per heavy atom. The Labute approximate surface area is 164 Å². The first-order valence-electron chi connectivity index (χ1n) is 8.31. The molecule has 0 heterocycles. The van der Waals surface area contributed by atoms with Crippen LogP contribution in [0.4, 0.5) is 5.69 Å². The van der Waals surface area contributed by atoms with Crippen LogP contribution in [0.2, 0.25) is 0 Å². The van der Waals surface area contributed by atoms with Gasteiger partial charge in [0, 0.05) is 23.5 Å². The molecule has 2 rings (SSSR count). The monoisotopic (exact) mass is 435 g/mol. The minimum Gasteiger partial charge on any atom is -0.497 e. The van der Waals surface area contributed by atoms with Gasteiger partial charge in [0.25, 0.3) is 10.0 Å². The van der Waals surface area contributed by atoms with Crippen LogP contribution in [0.1, 0.15) is 31.7 Å². The molecule has 2 aromatic rings. The summed E-state index contributed by atoms with van der Waals surface area (Å²) >= 11 is 3.43. The maximum Gasteiger partial charge on any atom is 0.264 e. The number of benzene rings is 2. The lowest BCUT2D eigenvalue weighted by Gasteiger charge is -2.21. The van der Waals surface area contributed by atoms with Crippen molar-refractivity contribution in [3.8, 4) is 17.6 Å². The quantitative estimate of drug-likeness (QED) is 0.482. The minimum atomic E-state index is -3.69. The number of sulfonamides is 1. The first kappa shape index (κ1) is 20.3. The fourth-order valence-corrected chi connectivity index (χ4v) is 3.92. The number of hydrogen-bond donors (Lipinski definition) is 0. The van der Waals surface area contributed by atoms with Gasteiger partial charge in [-0.3, -0.25) is 4.31 Å². The largest absolute Gasteiger partial charge is 0.497 e. The second kappa shape index (κ2) is 9.11. The van der Waals surface area contributed by atoms with E-state index in [-0.39, 0.29) is 4.90 Å². The Hall–Kier alpha value is -1.97. The van der Waals surface area contributed by atoms with E-state index in [0.29, 0.717) is 17.0 Å². The number of ether oxygens (including phenoxy) is 1. The van der Waals surface area contributed by atoms with Crippen LogP contribution < -0.4 is 9.04 Å². The molecule has 0 atom stereocenters. The number of hydrogen-bond acceptors (Lipinski definition) is 3. The summed E-state index contributed by atoms with van der Waals surface area (Å²) in [7, 11) is -0.609. The van der Waals surface area contributed by atoms with Crippen molar-refractivity contribution >= 4 is 31.6 Å². The van der Waals surface area contributed by atoms with Crippen LogP contribution >= 0.6 is 15.9 Å². The van der Waals surface area contributed by atoms with Gasteiger partial charge in [-0.25, -0.2) is 8.42 Å². The number of anilines is 1. The maximum atomic E-state index is 13.0. The van der Waals surface area contributed by atoms with Crippen molar-refractivity contribution in [2.45, 2.75) is 31.1 Å². The highest BCUT2D eigenvalue weighted by Gasteiger charge is 2.23. The predicted octanol–water partition coefficient (Wildman–Crippen LogP) is 4.82. The highest BCUT2D eigenvalue weighted by atomic mass is 79.9. The summed E-state index contributed by atoms with van der Waals surface area (Å²) in [6.45, 7) is 2.11. The fraction of sp³-hybridized carbons (Fsp3) is 0.300. The zero-order chi connectivity index (χ0) is 19.2. The van der Waals surface area contributed by atoms with Crippen LogP contribution in [0.5, 0.6) is 5.75 Å². The second-order valence-corrected chi connectivity index (χ2v) is 8.60. The zero-order valence-electron chi connectivity index (χ0n) is 15.1. The molecule has 0 aliphatic rings. The molecule has 0 aromatic heterocycles. The van der Waals surface area contributed by atoms with Gasteiger partial charge in [-0.1, -0.05) is 41.1 Å². The third-order valence-corrected chi connectivity index (χ3v) is 6.17. The van der Waals surface area contributed by atoms with Gasteiger partial charge in [-0.15, -0.1) is 0 Å². The normalized spacial score (nSPS) is 10.8. The Balaban J connectivity index is 2.40. The van der Waals surface area contributed by atoms with Gasteiger partial charge < -0.3 is 4.74 Å². The van der Waals surface area contributed by atoms with Crippen LogP contribution in [0.25, 0.3) is 0 Å². The number of methoxy groups -OCH3 is 1. The molecular formula is C20H22BrNO3S. The number of halogens is 1. The second-order valence-electron chi connectivity index (χ2n) is 5.71.